The second-order valence-electron chi connectivity index (χ2n) is 5.62. The van der Waals surface area contributed by atoms with Crippen LogP contribution in [0.15, 0.2) is 18.2 Å². The molecule has 0 spiro atoms. The fourth-order valence-electron chi connectivity index (χ4n) is 2.96. The molecule has 1 unspecified atom stereocenters. The lowest BCUT2D eigenvalue weighted by molar-refractivity contribution is 0.337. The standard InChI is InChI=1S/C15H24FN3/c1-11-10-18(3)8-5-9-19(11)14-7-4-6-13(16)15(14)12(2)17/h4,6-7,11-12H,5,8-10,17H2,1-3H3/t11?,12-/m1/s1. The van der Waals surface area contributed by atoms with Crippen LogP contribution in [0.4, 0.5) is 10.1 Å². The van der Waals surface area contributed by atoms with Gasteiger partial charge in [-0.05, 0) is 46.0 Å². The normalized spacial score (nSPS) is 23.2. The van der Waals surface area contributed by atoms with Crippen LogP contribution in [-0.2, 0) is 0 Å². The first-order valence-electron chi connectivity index (χ1n) is 7.00. The lowest BCUT2D eigenvalue weighted by Gasteiger charge is -2.32. The first-order valence-corrected chi connectivity index (χ1v) is 7.00. The van der Waals surface area contributed by atoms with Crippen molar-refractivity contribution >= 4 is 5.69 Å². The Hall–Kier alpha value is -1.13. The van der Waals surface area contributed by atoms with Crippen LogP contribution in [0.25, 0.3) is 0 Å². The quantitative estimate of drug-likeness (QED) is 0.891. The highest BCUT2D eigenvalue weighted by atomic mass is 19.1. The van der Waals surface area contributed by atoms with Gasteiger partial charge in [0, 0.05) is 36.4 Å². The third-order valence-electron chi connectivity index (χ3n) is 3.84. The van der Waals surface area contributed by atoms with Gasteiger partial charge in [0.1, 0.15) is 5.82 Å². The van der Waals surface area contributed by atoms with Gasteiger partial charge in [0.25, 0.3) is 0 Å². The van der Waals surface area contributed by atoms with E-state index < -0.39 is 0 Å². The molecule has 3 nitrogen and oxygen atoms in total. The van der Waals surface area contributed by atoms with Gasteiger partial charge in [-0.1, -0.05) is 6.07 Å². The second kappa shape index (κ2) is 5.88. The van der Waals surface area contributed by atoms with Gasteiger partial charge in [-0.2, -0.15) is 0 Å². The summed E-state index contributed by atoms with van der Waals surface area (Å²) in [6.45, 7) is 7.07. The van der Waals surface area contributed by atoms with Crippen molar-refractivity contribution in [3.8, 4) is 0 Å². The van der Waals surface area contributed by atoms with E-state index in [-0.39, 0.29) is 11.9 Å². The number of anilines is 1. The number of halogens is 1. The molecule has 4 heteroatoms. The first-order chi connectivity index (χ1) is 9.00. The smallest absolute Gasteiger partial charge is 0.130 e. The molecule has 0 aliphatic carbocycles. The van der Waals surface area contributed by atoms with E-state index in [4.69, 9.17) is 5.73 Å². The monoisotopic (exact) mass is 265 g/mol. The summed E-state index contributed by atoms with van der Waals surface area (Å²) in [4.78, 5) is 4.63. The SMILES string of the molecule is CC1CN(C)CCCN1c1cccc(F)c1[C@@H](C)N. The van der Waals surface area contributed by atoms with Crippen LogP contribution in [0.1, 0.15) is 31.9 Å². The van der Waals surface area contributed by atoms with Crippen LogP contribution in [0, 0.1) is 5.82 Å². The van der Waals surface area contributed by atoms with Gasteiger partial charge >= 0.3 is 0 Å². The Labute approximate surface area is 115 Å². The van der Waals surface area contributed by atoms with E-state index in [1.54, 1.807) is 6.07 Å². The van der Waals surface area contributed by atoms with Gasteiger partial charge < -0.3 is 15.5 Å². The fraction of sp³-hybridized carbons (Fsp3) is 0.600. The summed E-state index contributed by atoms with van der Waals surface area (Å²) in [5.74, 6) is -0.197. The molecule has 0 bridgehead atoms. The Morgan fingerprint density at radius 1 is 1.37 bits per heavy atom. The van der Waals surface area contributed by atoms with Crippen LogP contribution in [0.5, 0.6) is 0 Å². The Bertz CT molecular complexity index is 433. The summed E-state index contributed by atoms with van der Waals surface area (Å²) in [6.07, 6.45) is 1.09. The van der Waals surface area contributed by atoms with Crippen molar-refractivity contribution in [1.29, 1.82) is 0 Å². The summed E-state index contributed by atoms with van der Waals surface area (Å²) in [6, 6.07) is 5.34. The molecule has 106 valence electrons. The number of rotatable bonds is 2. The molecule has 1 aromatic carbocycles. The third-order valence-corrected chi connectivity index (χ3v) is 3.84. The van der Waals surface area contributed by atoms with E-state index in [0.29, 0.717) is 11.6 Å². The summed E-state index contributed by atoms with van der Waals surface area (Å²) < 4.78 is 14.0. The number of nitrogens with two attached hydrogens (primary N) is 1. The minimum Gasteiger partial charge on any atom is -0.367 e. The zero-order chi connectivity index (χ0) is 14.0. The molecule has 1 aliphatic rings. The topological polar surface area (TPSA) is 32.5 Å². The van der Waals surface area contributed by atoms with Crippen LogP contribution >= 0.6 is 0 Å². The number of benzene rings is 1. The molecule has 19 heavy (non-hydrogen) atoms. The average molecular weight is 265 g/mol. The van der Waals surface area contributed by atoms with Gasteiger partial charge in [0.05, 0.1) is 0 Å². The maximum atomic E-state index is 14.0. The molecule has 2 atom stereocenters. The molecule has 1 heterocycles. The van der Waals surface area contributed by atoms with Gasteiger partial charge in [-0.15, -0.1) is 0 Å². The third kappa shape index (κ3) is 3.07. The average Bonchev–Trinajstić information content (AvgIpc) is 2.49. The molecular weight excluding hydrogens is 241 g/mol. The molecule has 1 saturated heterocycles. The van der Waals surface area contributed by atoms with Crippen molar-refractivity contribution < 1.29 is 4.39 Å². The zero-order valence-corrected chi connectivity index (χ0v) is 12.1. The Morgan fingerprint density at radius 2 is 2.11 bits per heavy atom. The Morgan fingerprint density at radius 3 is 2.79 bits per heavy atom. The van der Waals surface area contributed by atoms with E-state index >= 15 is 0 Å². The number of likely N-dealkylation sites (N-methyl/N-ethyl adjacent to an activating group) is 1. The largest absolute Gasteiger partial charge is 0.367 e. The van der Waals surface area contributed by atoms with Gasteiger partial charge in [0.2, 0.25) is 0 Å². The first kappa shape index (κ1) is 14.3. The van der Waals surface area contributed by atoms with Crippen molar-refractivity contribution in [1.82, 2.24) is 4.90 Å². The number of nitrogens with zero attached hydrogens (tertiary/aromatic N) is 2. The van der Waals surface area contributed by atoms with Gasteiger partial charge in [-0.3, -0.25) is 0 Å². The molecule has 1 aromatic rings. The number of hydrogen-bond donors (Lipinski definition) is 1. The highest BCUT2D eigenvalue weighted by molar-refractivity contribution is 5.56. The summed E-state index contributed by atoms with van der Waals surface area (Å²) in [7, 11) is 2.14. The minimum atomic E-state index is -0.288. The molecule has 1 aliphatic heterocycles. The highest BCUT2D eigenvalue weighted by Crippen LogP contribution is 2.30. The van der Waals surface area contributed by atoms with Gasteiger partial charge in [0.15, 0.2) is 0 Å². The predicted molar refractivity (Wildman–Crippen MR) is 77.9 cm³/mol. The van der Waals surface area contributed by atoms with E-state index in [2.05, 4.69) is 23.8 Å². The second-order valence-corrected chi connectivity index (χ2v) is 5.62. The molecule has 0 radical (unpaired) electrons. The van der Waals surface area contributed by atoms with E-state index in [9.17, 15) is 4.39 Å². The lowest BCUT2D eigenvalue weighted by Crippen LogP contribution is -2.39. The maximum absolute atomic E-state index is 14.0. The van der Waals surface area contributed by atoms with Crippen molar-refractivity contribution in [2.75, 3.05) is 31.6 Å². The lowest BCUT2D eigenvalue weighted by atomic mass is 10.0. The van der Waals surface area contributed by atoms with Crippen LogP contribution in [-0.4, -0.2) is 37.6 Å². The van der Waals surface area contributed by atoms with Crippen LogP contribution in [0.3, 0.4) is 0 Å². The molecule has 2 N–H and O–H groups in total. The predicted octanol–water partition coefficient (Wildman–Crippen LogP) is 2.38. The molecule has 2 rings (SSSR count). The van der Waals surface area contributed by atoms with Crippen molar-refractivity contribution in [3.05, 3.63) is 29.6 Å². The summed E-state index contributed by atoms with van der Waals surface area (Å²) in [5.41, 5.74) is 7.55. The van der Waals surface area contributed by atoms with Crippen molar-refractivity contribution in [3.63, 3.8) is 0 Å². The zero-order valence-electron chi connectivity index (χ0n) is 12.1. The summed E-state index contributed by atoms with van der Waals surface area (Å²) in [5, 5.41) is 0. The molecular formula is C15H24FN3. The van der Waals surface area contributed by atoms with E-state index in [0.717, 1.165) is 31.7 Å². The molecule has 0 aromatic heterocycles. The van der Waals surface area contributed by atoms with Gasteiger partial charge in [-0.25, -0.2) is 4.39 Å². The molecule has 0 saturated carbocycles. The Balaban J connectivity index is 2.37. The van der Waals surface area contributed by atoms with Crippen molar-refractivity contribution in [2.45, 2.75) is 32.4 Å². The van der Waals surface area contributed by atoms with E-state index in [1.165, 1.54) is 6.07 Å². The minimum absolute atomic E-state index is 0.197. The van der Waals surface area contributed by atoms with Crippen molar-refractivity contribution in [2.24, 2.45) is 5.73 Å². The molecule has 1 fully saturated rings. The number of hydrogen-bond acceptors (Lipinski definition) is 3. The summed E-state index contributed by atoms with van der Waals surface area (Å²) >= 11 is 0. The Kier molecular flexibility index (Phi) is 4.42. The molecule has 0 amide bonds. The highest BCUT2D eigenvalue weighted by Gasteiger charge is 2.24. The fourth-order valence-corrected chi connectivity index (χ4v) is 2.96. The van der Waals surface area contributed by atoms with Crippen LogP contribution < -0.4 is 10.6 Å². The maximum Gasteiger partial charge on any atom is 0.130 e. The van der Waals surface area contributed by atoms with Crippen LogP contribution in [0.2, 0.25) is 0 Å². The van der Waals surface area contributed by atoms with E-state index in [1.807, 2.05) is 13.0 Å².